The second kappa shape index (κ2) is 5.53. The summed E-state index contributed by atoms with van der Waals surface area (Å²) in [5, 5.41) is 0. The van der Waals surface area contributed by atoms with Crippen LogP contribution in [0.1, 0.15) is 20.3 Å². The molecule has 0 N–H and O–H groups in total. The van der Waals surface area contributed by atoms with Crippen LogP contribution in [0, 0.1) is 0 Å². The quantitative estimate of drug-likeness (QED) is 0.547. The third kappa shape index (κ3) is 7.41. The Morgan fingerprint density at radius 2 is 1.93 bits per heavy atom. The van der Waals surface area contributed by atoms with Gasteiger partial charge in [-0.2, -0.15) is 13.2 Å². The average Bonchev–Trinajstić information content (AvgIpc) is 2.10. The van der Waals surface area contributed by atoms with Crippen LogP contribution >= 0.6 is 0 Å². The number of hydrogen-bond donors (Lipinski definition) is 0. The Hall–Kier alpha value is -0.523. The van der Waals surface area contributed by atoms with E-state index in [0.29, 0.717) is 6.04 Å². The first-order valence-corrected chi connectivity index (χ1v) is 8.01. The van der Waals surface area contributed by atoms with E-state index < -0.39 is 26.6 Å². The summed E-state index contributed by atoms with van der Waals surface area (Å²) in [7, 11) is -2.06. The number of carbonyl (C=O) groups is 1. The first kappa shape index (κ1) is 14.5. The Kier molecular flexibility index (Phi) is 5.34. The van der Waals surface area contributed by atoms with Crippen LogP contribution in [-0.4, -0.2) is 26.4 Å². The third-order valence-electron chi connectivity index (χ3n) is 2.49. The molecule has 0 radical (unpaired) electrons. The lowest BCUT2D eigenvalue weighted by Crippen LogP contribution is -2.37. The Bertz CT molecular complexity index is 218. The topological polar surface area (TPSA) is 26.3 Å². The molecule has 0 aliphatic rings. The molecule has 0 bridgehead atoms. The van der Waals surface area contributed by atoms with Gasteiger partial charge < -0.3 is 4.74 Å². The van der Waals surface area contributed by atoms with Gasteiger partial charge in [-0.05, 0) is 6.04 Å². The molecule has 0 aromatic heterocycles. The highest BCUT2D eigenvalue weighted by Gasteiger charge is 2.34. The zero-order valence-corrected chi connectivity index (χ0v) is 10.3. The summed E-state index contributed by atoms with van der Waals surface area (Å²) in [5.41, 5.74) is 0. The molecule has 0 spiro atoms. The average molecular weight is 242 g/mol. The Balaban J connectivity index is 4.13. The molecule has 1 atom stereocenters. The second-order valence-electron chi connectivity index (χ2n) is 4.06. The largest absolute Gasteiger partial charge is 0.470 e. The van der Waals surface area contributed by atoms with Crippen LogP contribution in [0.5, 0.6) is 0 Å². The molecule has 0 fully saturated rings. The minimum Gasteiger partial charge on any atom is -0.470 e. The minimum atomic E-state index is -4.11. The number of halogens is 3. The molecule has 0 aliphatic heterocycles. The fraction of sp³-hybridized carbons (Fsp3) is 0.889. The van der Waals surface area contributed by atoms with Gasteiger partial charge >= 0.3 is 12.1 Å². The zero-order chi connectivity index (χ0) is 12.1. The molecule has 0 rings (SSSR count). The molecule has 0 aromatic carbocycles. The van der Waals surface area contributed by atoms with Crippen molar-refractivity contribution in [2.75, 3.05) is 6.23 Å². The van der Waals surface area contributed by atoms with Gasteiger partial charge in [-0.25, -0.2) is 0 Å². The highest BCUT2D eigenvalue weighted by molar-refractivity contribution is 6.78. The summed E-state index contributed by atoms with van der Waals surface area (Å²) in [5.74, 6) is -0.422. The molecule has 15 heavy (non-hydrogen) atoms. The van der Waals surface area contributed by atoms with Crippen LogP contribution in [0.15, 0.2) is 0 Å². The lowest BCUT2D eigenvalue weighted by atomic mass is 10.5. The molecule has 2 nitrogen and oxygen atoms in total. The van der Waals surface area contributed by atoms with Crippen molar-refractivity contribution in [2.45, 2.75) is 45.1 Å². The number of esters is 1. The van der Waals surface area contributed by atoms with Crippen LogP contribution in [0.3, 0.4) is 0 Å². The van der Waals surface area contributed by atoms with E-state index in [0.717, 1.165) is 0 Å². The summed E-state index contributed by atoms with van der Waals surface area (Å²) in [4.78, 5) is 10.6. The molecule has 0 saturated heterocycles. The van der Waals surface area contributed by atoms with Gasteiger partial charge in [0.2, 0.25) is 0 Å². The maximum atomic E-state index is 12.0. The highest BCUT2D eigenvalue weighted by atomic mass is 28.3. The van der Waals surface area contributed by atoms with Crippen molar-refractivity contribution < 1.29 is 22.7 Å². The molecule has 0 aliphatic carbocycles. The predicted octanol–water partition coefficient (Wildman–Crippen LogP) is 3.14. The van der Waals surface area contributed by atoms with E-state index in [9.17, 15) is 18.0 Å². The van der Waals surface area contributed by atoms with E-state index in [1.165, 1.54) is 6.92 Å². The SMILES string of the molecule is CC[Si](C)(CCC(F)(F)F)COC(C)=O. The lowest BCUT2D eigenvalue weighted by Gasteiger charge is -2.25. The van der Waals surface area contributed by atoms with Crippen LogP contribution in [-0.2, 0) is 9.53 Å². The molecule has 0 amide bonds. The van der Waals surface area contributed by atoms with Gasteiger partial charge in [-0.1, -0.05) is 19.5 Å². The fourth-order valence-corrected chi connectivity index (χ4v) is 3.21. The normalized spacial score (nSPS) is 15.9. The predicted molar refractivity (Wildman–Crippen MR) is 54.2 cm³/mol. The van der Waals surface area contributed by atoms with E-state index in [2.05, 4.69) is 0 Å². The van der Waals surface area contributed by atoms with Gasteiger partial charge in [0.1, 0.15) is 0 Å². The molecule has 6 heteroatoms. The van der Waals surface area contributed by atoms with E-state index in [-0.39, 0.29) is 12.3 Å². The molecule has 0 aromatic rings. The molecule has 0 saturated carbocycles. The number of alkyl halides is 3. The Labute approximate surface area is 88.8 Å². The van der Waals surface area contributed by atoms with Crippen molar-refractivity contribution in [3.8, 4) is 0 Å². The van der Waals surface area contributed by atoms with Gasteiger partial charge in [0.15, 0.2) is 0 Å². The van der Waals surface area contributed by atoms with Crippen LogP contribution in [0.2, 0.25) is 18.6 Å². The first-order chi connectivity index (χ1) is 6.68. The third-order valence-corrected chi connectivity index (χ3v) is 6.49. The van der Waals surface area contributed by atoms with E-state index in [4.69, 9.17) is 4.74 Å². The zero-order valence-electron chi connectivity index (χ0n) is 9.28. The molecule has 0 heterocycles. The first-order valence-electron chi connectivity index (χ1n) is 4.89. The van der Waals surface area contributed by atoms with Crippen molar-refractivity contribution in [3.05, 3.63) is 0 Å². The number of carbonyl (C=O) groups excluding carboxylic acids is 1. The van der Waals surface area contributed by atoms with Gasteiger partial charge in [-0.3, -0.25) is 4.79 Å². The maximum Gasteiger partial charge on any atom is 0.388 e. The standard InChI is InChI=1S/C9H17F3O2Si/c1-4-15(3,7-14-8(2)13)6-5-9(10,11)12/h4-7H2,1-3H3. The molecule has 1 unspecified atom stereocenters. The summed E-state index contributed by atoms with van der Waals surface area (Å²) in [6, 6.07) is 0.816. The summed E-state index contributed by atoms with van der Waals surface area (Å²) in [6.07, 6.45) is -4.70. The van der Waals surface area contributed by atoms with E-state index in [1.807, 2.05) is 13.5 Å². The minimum absolute atomic E-state index is 0.125. The Morgan fingerprint density at radius 3 is 2.27 bits per heavy atom. The van der Waals surface area contributed by atoms with Crippen LogP contribution in [0.25, 0.3) is 0 Å². The number of ether oxygens (including phenoxy) is 1. The highest BCUT2D eigenvalue weighted by Crippen LogP contribution is 2.28. The smallest absolute Gasteiger partial charge is 0.388 e. The molecular formula is C9H17F3O2Si. The van der Waals surface area contributed by atoms with Crippen molar-refractivity contribution in [1.29, 1.82) is 0 Å². The van der Waals surface area contributed by atoms with Crippen molar-refractivity contribution >= 4 is 14.0 Å². The van der Waals surface area contributed by atoms with Crippen molar-refractivity contribution in [1.82, 2.24) is 0 Å². The summed E-state index contributed by atoms with van der Waals surface area (Å²) >= 11 is 0. The summed E-state index contributed by atoms with van der Waals surface area (Å²) in [6.45, 7) is 4.96. The van der Waals surface area contributed by atoms with Gasteiger partial charge in [-0.15, -0.1) is 0 Å². The lowest BCUT2D eigenvalue weighted by molar-refractivity contribution is -0.139. The molecular weight excluding hydrogens is 225 g/mol. The van der Waals surface area contributed by atoms with Crippen LogP contribution in [0.4, 0.5) is 13.2 Å². The van der Waals surface area contributed by atoms with Crippen LogP contribution < -0.4 is 0 Å². The monoisotopic (exact) mass is 242 g/mol. The van der Waals surface area contributed by atoms with Gasteiger partial charge in [0, 0.05) is 13.3 Å². The second-order valence-corrected chi connectivity index (χ2v) is 9.18. The van der Waals surface area contributed by atoms with Crippen molar-refractivity contribution in [2.24, 2.45) is 0 Å². The van der Waals surface area contributed by atoms with Gasteiger partial charge in [0.05, 0.1) is 14.3 Å². The maximum absolute atomic E-state index is 12.0. The number of rotatable bonds is 5. The van der Waals surface area contributed by atoms with Gasteiger partial charge in [0.25, 0.3) is 0 Å². The number of hydrogen-bond acceptors (Lipinski definition) is 2. The fourth-order valence-electron chi connectivity index (χ4n) is 1.07. The molecule has 90 valence electrons. The van der Waals surface area contributed by atoms with E-state index in [1.54, 1.807) is 0 Å². The van der Waals surface area contributed by atoms with E-state index >= 15 is 0 Å². The Morgan fingerprint density at radius 1 is 1.40 bits per heavy atom. The summed E-state index contributed by atoms with van der Waals surface area (Å²) < 4.78 is 40.9. The van der Waals surface area contributed by atoms with Crippen molar-refractivity contribution in [3.63, 3.8) is 0 Å².